The van der Waals surface area contributed by atoms with E-state index in [0.29, 0.717) is 25.0 Å². The number of hydrogen-bond donors (Lipinski definition) is 2. The van der Waals surface area contributed by atoms with E-state index in [-0.39, 0.29) is 45.3 Å². The lowest BCUT2D eigenvalue weighted by atomic mass is 9.95. The molecule has 0 bridgehead atoms. The number of nitrogen functional groups attached to an aromatic ring is 1. The van der Waals surface area contributed by atoms with Crippen molar-refractivity contribution in [3.8, 4) is 11.4 Å². The molecular formula is C21H15ClF3N5O3. The van der Waals surface area contributed by atoms with Crippen molar-refractivity contribution in [1.82, 2.24) is 19.7 Å². The number of aromatic nitrogens is 3. The second kappa shape index (κ2) is 7.20. The first kappa shape index (κ1) is 21.3. The fourth-order valence-corrected chi connectivity index (χ4v) is 4.68. The molecule has 1 aromatic carbocycles. The number of imide groups is 1. The fraction of sp³-hybridized carbons (Fsp3) is 0.238. The van der Waals surface area contributed by atoms with Gasteiger partial charge >= 0.3 is 6.18 Å². The van der Waals surface area contributed by atoms with E-state index >= 15 is 0 Å². The third-order valence-corrected chi connectivity index (χ3v) is 6.13. The van der Waals surface area contributed by atoms with E-state index in [1.807, 2.05) is 0 Å². The van der Waals surface area contributed by atoms with Gasteiger partial charge in [0.2, 0.25) is 0 Å². The van der Waals surface area contributed by atoms with Crippen LogP contribution in [0.15, 0.2) is 29.1 Å². The van der Waals surface area contributed by atoms with Crippen molar-refractivity contribution in [2.45, 2.75) is 31.9 Å². The van der Waals surface area contributed by atoms with E-state index in [2.05, 4.69) is 10.4 Å². The molecule has 0 fully saturated rings. The van der Waals surface area contributed by atoms with Crippen LogP contribution < -0.4 is 16.6 Å². The highest BCUT2D eigenvalue weighted by Gasteiger charge is 2.40. The van der Waals surface area contributed by atoms with E-state index in [9.17, 15) is 27.6 Å². The number of benzene rings is 1. The molecule has 5 rings (SSSR count). The molecule has 3 N–H and O–H groups in total. The zero-order valence-corrected chi connectivity index (χ0v) is 17.5. The Morgan fingerprint density at radius 3 is 2.55 bits per heavy atom. The average molecular weight is 478 g/mol. The van der Waals surface area contributed by atoms with Crippen molar-refractivity contribution in [3.05, 3.63) is 67.7 Å². The molecule has 3 heterocycles. The van der Waals surface area contributed by atoms with Gasteiger partial charge in [-0.15, -0.1) is 0 Å². The van der Waals surface area contributed by atoms with Gasteiger partial charge in [0, 0.05) is 17.3 Å². The number of anilines is 1. The molecule has 33 heavy (non-hydrogen) atoms. The quantitative estimate of drug-likeness (QED) is 0.551. The molecule has 0 atom stereocenters. The van der Waals surface area contributed by atoms with Gasteiger partial charge in [-0.05, 0) is 37.8 Å². The van der Waals surface area contributed by atoms with Crippen LogP contribution in [0.2, 0.25) is 5.02 Å². The highest BCUT2D eigenvalue weighted by atomic mass is 35.5. The number of rotatable bonds is 2. The van der Waals surface area contributed by atoms with Crippen LogP contribution in [-0.4, -0.2) is 26.2 Å². The molecule has 12 heteroatoms. The minimum absolute atomic E-state index is 0.0197. The topological polar surface area (TPSA) is 112 Å². The third kappa shape index (κ3) is 3.14. The van der Waals surface area contributed by atoms with Crippen LogP contribution >= 0.6 is 11.6 Å². The largest absolute Gasteiger partial charge is 0.435 e. The average Bonchev–Trinajstić information content (AvgIpc) is 3.26. The van der Waals surface area contributed by atoms with Crippen molar-refractivity contribution >= 4 is 29.2 Å². The Balaban J connectivity index is 1.83. The van der Waals surface area contributed by atoms with Gasteiger partial charge in [0.15, 0.2) is 5.69 Å². The molecule has 0 radical (unpaired) electrons. The Morgan fingerprint density at radius 2 is 1.82 bits per heavy atom. The minimum atomic E-state index is -4.67. The van der Waals surface area contributed by atoms with Gasteiger partial charge in [0.25, 0.3) is 17.4 Å². The molecule has 2 aromatic heterocycles. The summed E-state index contributed by atoms with van der Waals surface area (Å²) in [5.74, 6) is -1.87. The van der Waals surface area contributed by atoms with Crippen LogP contribution in [0, 0.1) is 0 Å². The van der Waals surface area contributed by atoms with Gasteiger partial charge in [-0.25, -0.2) is 4.68 Å². The van der Waals surface area contributed by atoms with Crippen molar-refractivity contribution in [2.24, 2.45) is 0 Å². The molecule has 0 unspecified atom stereocenters. The van der Waals surface area contributed by atoms with Gasteiger partial charge < -0.3 is 5.73 Å². The van der Waals surface area contributed by atoms with Crippen LogP contribution in [0.3, 0.4) is 0 Å². The Hall–Kier alpha value is -3.60. The molecular weight excluding hydrogens is 463 g/mol. The van der Waals surface area contributed by atoms with Gasteiger partial charge in [-0.3, -0.25) is 24.3 Å². The minimum Gasteiger partial charge on any atom is -0.384 e. The molecule has 0 saturated heterocycles. The van der Waals surface area contributed by atoms with Crippen molar-refractivity contribution in [2.75, 3.05) is 5.73 Å². The van der Waals surface area contributed by atoms with Crippen molar-refractivity contribution < 1.29 is 22.8 Å². The molecule has 170 valence electrons. The summed E-state index contributed by atoms with van der Waals surface area (Å²) in [5, 5.41) is 5.96. The smallest absolute Gasteiger partial charge is 0.384 e. The highest BCUT2D eigenvalue weighted by molar-refractivity contribution is 6.32. The maximum absolute atomic E-state index is 13.7. The number of halogens is 4. The molecule has 2 aliphatic rings. The number of nitrogens with zero attached hydrogens (tertiary/aromatic N) is 3. The maximum atomic E-state index is 13.7. The third-order valence-electron chi connectivity index (χ3n) is 5.82. The number of alkyl halides is 3. The van der Waals surface area contributed by atoms with Crippen LogP contribution in [0.1, 0.15) is 50.5 Å². The zero-order chi connectivity index (χ0) is 23.7. The second-order valence-corrected chi connectivity index (χ2v) is 8.18. The van der Waals surface area contributed by atoms with E-state index < -0.39 is 29.2 Å². The molecule has 8 nitrogen and oxygen atoms in total. The van der Waals surface area contributed by atoms with Crippen LogP contribution in [0.5, 0.6) is 0 Å². The number of amides is 2. The number of hydrogen-bond acceptors (Lipinski definition) is 5. The molecule has 0 saturated carbocycles. The predicted molar refractivity (Wildman–Crippen MR) is 112 cm³/mol. The van der Waals surface area contributed by atoms with Crippen LogP contribution in [-0.2, 0) is 19.0 Å². The van der Waals surface area contributed by atoms with Gasteiger partial charge in [-0.1, -0.05) is 17.7 Å². The highest BCUT2D eigenvalue weighted by Crippen LogP contribution is 2.39. The summed E-state index contributed by atoms with van der Waals surface area (Å²) in [7, 11) is 0. The van der Waals surface area contributed by atoms with E-state index in [1.165, 1.54) is 18.2 Å². The second-order valence-electron chi connectivity index (χ2n) is 7.77. The Kier molecular flexibility index (Phi) is 4.64. The molecule has 3 aromatic rings. The van der Waals surface area contributed by atoms with Gasteiger partial charge in [0.1, 0.15) is 11.5 Å². The number of para-hydroxylation sites is 1. The molecule has 0 spiro atoms. The number of pyridine rings is 1. The maximum Gasteiger partial charge on any atom is 0.435 e. The first-order valence-electron chi connectivity index (χ1n) is 9.98. The SMILES string of the molecule is Nc1c2c(cc(=O)n1-c1cccc(Cl)c1-n1nc(C(F)(F)F)c3c1CCCC3)C(=O)NC2=O. The number of carbonyl (C=O) groups is 2. The molecule has 2 amide bonds. The summed E-state index contributed by atoms with van der Waals surface area (Å²) in [4.78, 5) is 37.1. The summed E-state index contributed by atoms with van der Waals surface area (Å²) in [5.41, 5.74) is 4.52. The number of nitrogens with one attached hydrogen (secondary N) is 1. The zero-order valence-electron chi connectivity index (χ0n) is 16.8. The van der Waals surface area contributed by atoms with Gasteiger partial charge in [0.05, 0.1) is 21.8 Å². The number of nitrogens with two attached hydrogens (primary N) is 1. The lowest BCUT2D eigenvalue weighted by Gasteiger charge is -2.19. The van der Waals surface area contributed by atoms with Gasteiger partial charge in [-0.2, -0.15) is 18.3 Å². The summed E-state index contributed by atoms with van der Waals surface area (Å²) in [6, 6.07) is 5.34. The van der Waals surface area contributed by atoms with Crippen molar-refractivity contribution in [3.63, 3.8) is 0 Å². The lowest BCUT2D eigenvalue weighted by molar-refractivity contribution is -0.142. The molecule has 1 aliphatic carbocycles. The molecule has 1 aliphatic heterocycles. The first-order chi connectivity index (χ1) is 15.6. The summed E-state index contributed by atoms with van der Waals surface area (Å²) < 4.78 is 43.2. The van der Waals surface area contributed by atoms with Crippen LogP contribution in [0.4, 0.5) is 19.0 Å². The summed E-state index contributed by atoms with van der Waals surface area (Å²) in [6.07, 6.45) is -2.85. The Morgan fingerprint density at radius 1 is 1.09 bits per heavy atom. The summed E-state index contributed by atoms with van der Waals surface area (Å²) >= 11 is 6.42. The van der Waals surface area contributed by atoms with E-state index in [1.54, 1.807) is 0 Å². The Labute approximate surface area is 188 Å². The fourth-order valence-electron chi connectivity index (χ4n) is 4.43. The van der Waals surface area contributed by atoms with Crippen LogP contribution in [0.25, 0.3) is 11.4 Å². The van der Waals surface area contributed by atoms with Crippen molar-refractivity contribution in [1.29, 1.82) is 0 Å². The van der Waals surface area contributed by atoms with E-state index in [4.69, 9.17) is 17.3 Å². The summed E-state index contributed by atoms with van der Waals surface area (Å²) in [6.45, 7) is 0. The number of fused-ring (bicyclic) bond motifs is 2. The lowest BCUT2D eigenvalue weighted by Crippen LogP contribution is -2.25. The monoisotopic (exact) mass is 477 g/mol. The first-order valence-corrected chi connectivity index (χ1v) is 10.4. The predicted octanol–water partition coefficient (Wildman–Crippen LogP) is 3.04. The normalized spacial score (nSPS) is 15.4. The Bertz CT molecular complexity index is 1420. The standard InChI is InChI=1S/C21H15ClF3N5O3/c22-11-5-3-7-13(29-14(31)8-10-15(18(29)26)20(33)27-19(10)32)16(11)30-12-6-2-1-4-9(12)17(28-30)21(23,24)25/h3,5,7-8H,1-2,4,6,26H2,(H,27,32,33). The number of carbonyl (C=O) groups excluding carboxylic acids is 2. The van der Waals surface area contributed by atoms with E-state index in [0.717, 1.165) is 15.3 Å².